The van der Waals surface area contributed by atoms with Crippen LogP contribution in [0.4, 0.5) is 0 Å². The Bertz CT molecular complexity index is 1020. The van der Waals surface area contributed by atoms with Gasteiger partial charge < -0.3 is 4.98 Å². The van der Waals surface area contributed by atoms with Crippen LogP contribution in [-0.2, 0) is 0 Å². The van der Waals surface area contributed by atoms with Gasteiger partial charge in [-0.05, 0) is 87.8 Å². The van der Waals surface area contributed by atoms with E-state index in [1.54, 1.807) is 11.8 Å². The zero-order valence-electron chi connectivity index (χ0n) is 14.5. The van der Waals surface area contributed by atoms with Crippen molar-refractivity contribution in [3.63, 3.8) is 0 Å². The topological polar surface area (TPSA) is 28.7 Å². The van der Waals surface area contributed by atoms with Gasteiger partial charge in [0.15, 0.2) is 0 Å². The zero-order chi connectivity index (χ0) is 18.8. The maximum atomic E-state index is 4.99. The average molecular weight is 594 g/mol. The van der Waals surface area contributed by atoms with Crippen molar-refractivity contribution in [3.05, 3.63) is 79.9 Å². The molecule has 27 heavy (non-hydrogen) atoms. The lowest BCUT2D eigenvalue weighted by Crippen LogP contribution is -1.85. The fourth-order valence-corrected chi connectivity index (χ4v) is 4.45. The Morgan fingerprint density at radius 3 is 2.04 bits per heavy atom. The molecular formula is C22H16I2N2S. The van der Waals surface area contributed by atoms with Gasteiger partial charge >= 0.3 is 0 Å². The molecule has 0 bridgehead atoms. The number of imidazole rings is 1. The van der Waals surface area contributed by atoms with Crippen LogP contribution in [0.3, 0.4) is 0 Å². The van der Waals surface area contributed by atoms with Gasteiger partial charge in [0.2, 0.25) is 0 Å². The van der Waals surface area contributed by atoms with E-state index < -0.39 is 0 Å². The molecule has 0 aliphatic heterocycles. The molecular weight excluding hydrogens is 578 g/mol. The Balaban J connectivity index is 1.88. The number of rotatable bonds is 4. The SMILES string of the molecule is CSc1ccc(-c2nc(-c3cccc(I)c3)c(-c3cccc(I)c3)[nH]2)cc1. The maximum absolute atomic E-state index is 4.99. The lowest BCUT2D eigenvalue weighted by atomic mass is 10.1. The number of hydrogen-bond acceptors (Lipinski definition) is 2. The number of H-pyrrole nitrogens is 1. The first-order chi connectivity index (χ1) is 13.1. The van der Waals surface area contributed by atoms with Gasteiger partial charge in [-0.3, -0.25) is 0 Å². The van der Waals surface area contributed by atoms with Gasteiger partial charge in [0.1, 0.15) is 5.82 Å². The molecule has 0 saturated carbocycles. The van der Waals surface area contributed by atoms with E-state index in [0.29, 0.717) is 0 Å². The Morgan fingerprint density at radius 1 is 0.778 bits per heavy atom. The average Bonchev–Trinajstić information content (AvgIpc) is 3.14. The molecule has 0 saturated heterocycles. The van der Waals surface area contributed by atoms with Crippen molar-refractivity contribution in [1.82, 2.24) is 9.97 Å². The summed E-state index contributed by atoms with van der Waals surface area (Å²) in [6.45, 7) is 0. The van der Waals surface area contributed by atoms with E-state index in [1.165, 1.54) is 12.0 Å². The maximum Gasteiger partial charge on any atom is 0.138 e. The molecule has 0 atom stereocenters. The molecule has 2 nitrogen and oxygen atoms in total. The van der Waals surface area contributed by atoms with Gasteiger partial charge in [-0.1, -0.05) is 36.4 Å². The van der Waals surface area contributed by atoms with Crippen molar-refractivity contribution in [2.24, 2.45) is 0 Å². The minimum atomic E-state index is 0.894. The molecule has 0 fully saturated rings. The van der Waals surface area contributed by atoms with Crippen molar-refractivity contribution in [2.45, 2.75) is 4.90 Å². The van der Waals surface area contributed by atoms with Crippen molar-refractivity contribution in [2.75, 3.05) is 6.26 Å². The molecule has 0 aliphatic carbocycles. The lowest BCUT2D eigenvalue weighted by molar-refractivity contribution is 1.30. The van der Waals surface area contributed by atoms with Crippen LogP contribution >= 0.6 is 56.9 Å². The molecule has 0 unspecified atom stereocenters. The van der Waals surface area contributed by atoms with Gasteiger partial charge in [0.25, 0.3) is 0 Å². The second-order valence-electron chi connectivity index (χ2n) is 6.06. The highest BCUT2D eigenvalue weighted by atomic mass is 127. The van der Waals surface area contributed by atoms with Crippen LogP contribution < -0.4 is 0 Å². The normalized spacial score (nSPS) is 10.9. The summed E-state index contributed by atoms with van der Waals surface area (Å²) in [5.74, 6) is 0.894. The summed E-state index contributed by atoms with van der Waals surface area (Å²) in [4.78, 5) is 9.81. The number of nitrogens with one attached hydrogen (secondary N) is 1. The quantitative estimate of drug-likeness (QED) is 0.198. The van der Waals surface area contributed by atoms with Crippen LogP contribution in [0.2, 0.25) is 0 Å². The summed E-state index contributed by atoms with van der Waals surface area (Å²) in [7, 11) is 0. The number of aromatic amines is 1. The summed E-state index contributed by atoms with van der Waals surface area (Å²) in [5.41, 5.74) is 5.41. The van der Waals surface area contributed by atoms with E-state index in [9.17, 15) is 0 Å². The molecule has 0 aliphatic rings. The Labute approximate surface area is 190 Å². The number of nitrogens with zero attached hydrogens (tertiary/aromatic N) is 1. The number of hydrogen-bond donors (Lipinski definition) is 1. The van der Waals surface area contributed by atoms with E-state index in [1.807, 2.05) is 0 Å². The van der Waals surface area contributed by atoms with Gasteiger partial charge in [-0.15, -0.1) is 11.8 Å². The highest BCUT2D eigenvalue weighted by molar-refractivity contribution is 14.1. The predicted octanol–water partition coefficient (Wildman–Crippen LogP) is 7.34. The summed E-state index contributed by atoms with van der Waals surface area (Å²) < 4.78 is 2.41. The van der Waals surface area contributed by atoms with Crippen LogP contribution in [0.5, 0.6) is 0 Å². The first kappa shape index (κ1) is 19.0. The number of aromatic nitrogens is 2. The van der Waals surface area contributed by atoms with Crippen LogP contribution in [0.1, 0.15) is 0 Å². The molecule has 1 aromatic heterocycles. The Morgan fingerprint density at radius 2 is 1.41 bits per heavy atom. The van der Waals surface area contributed by atoms with Gasteiger partial charge in [-0.2, -0.15) is 0 Å². The molecule has 4 aromatic rings. The molecule has 3 aromatic carbocycles. The summed E-state index contributed by atoms with van der Waals surface area (Å²) in [6.07, 6.45) is 2.09. The van der Waals surface area contributed by atoms with E-state index >= 15 is 0 Å². The third kappa shape index (κ3) is 4.25. The first-order valence-corrected chi connectivity index (χ1v) is 11.8. The van der Waals surface area contributed by atoms with Crippen molar-refractivity contribution in [3.8, 4) is 33.9 Å². The Kier molecular flexibility index (Phi) is 5.89. The largest absolute Gasteiger partial charge is 0.337 e. The molecule has 5 heteroatoms. The third-order valence-corrected chi connectivity index (χ3v) is 6.36. The van der Waals surface area contributed by atoms with Gasteiger partial charge in [0, 0.05) is 28.7 Å². The predicted molar refractivity (Wildman–Crippen MR) is 132 cm³/mol. The van der Waals surface area contributed by atoms with Crippen LogP contribution in [0.15, 0.2) is 77.7 Å². The molecule has 4 rings (SSSR count). The van der Waals surface area contributed by atoms with E-state index in [4.69, 9.17) is 4.98 Å². The molecule has 1 heterocycles. The van der Waals surface area contributed by atoms with E-state index in [0.717, 1.165) is 33.9 Å². The zero-order valence-corrected chi connectivity index (χ0v) is 19.7. The molecule has 0 spiro atoms. The second kappa shape index (κ2) is 8.36. The highest BCUT2D eigenvalue weighted by Crippen LogP contribution is 2.34. The minimum absolute atomic E-state index is 0.894. The van der Waals surface area contributed by atoms with Gasteiger partial charge in [-0.25, -0.2) is 4.98 Å². The smallest absolute Gasteiger partial charge is 0.138 e. The number of halogens is 2. The van der Waals surface area contributed by atoms with Crippen molar-refractivity contribution >= 4 is 56.9 Å². The summed E-state index contributed by atoms with van der Waals surface area (Å²) in [5, 5.41) is 0. The van der Waals surface area contributed by atoms with Gasteiger partial charge in [0.05, 0.1) is 11.4 Å². The number of thioether (sulfide) groups is 1. The van der Waals surface area contributed by atoms with E-state index in [2.05, 4.69) is 129 Å². The monoisotopic (exact) mass is 594 g/mol. The minimum Gasteiger partial charge on any atom is -0.337 e. The van der Waals surface area contributed by atoms with Crippen LogP contribution in [0.25, 0.3) is 33.9 Å². The van der Waals surface area contributed by atoms with Crippen molar-refractivity contribution < 1.29 is 0 Å². The lowest BCUT2D eigenvalue weighted by Gasteiger charge is -2.04. The Hall–Kier alpha value is -1.32. The molecule has 1 N–H and O–H groups in total. The van der Waals surface area contributed by atoms with Crippen LogP contribution in [0, 0.1) is 7.14 Å². The highest BCUT2D eigenvalue weighted by Gasteiger charge is 2.16. The first-order valence-electron chi connectivity index (χ1n) is 8.40. The van der Waals surface area contributed by atoms with Crippen LogP contribution in [-0.4, -0.2) is 16.2 Å². The molecule has 0 radical (unpaired) electrons. The fourth-order valence-electron chi connectivity index (χ4n) is 2.96. The fraction of sp³-hybridized carbons (Fsp3) is 0.0455. The standard InChI is InChI=1S/C22H16I2N2S/c1-27-19-10-8-14(9-11-19)22-25-20(15-4-2-6-17(23)12-15)21(26-22)16-5-3-7-18(24)13-16/h2-13H,1H3,(H,25,26). The molecule has 0 amide bonds. The summed E-state index contributed by atoms with van der Waals surface area (Å²) in [6, 6.07) is 25.5. The number of benzene rings is 3. The van der Waals surface area contributed by atoms with E-state index in [-0.39, 0.29) is 0 Å². The third-order valence-electron chi connectivity index (χ3n) is 4.28. The van der Waals surface area contributed by atoms with Crippen molar-refractivity contribution in [1.29, 1.82) is 0 Å². The molecule has 134 valence electrons. The second-order valence-corrected chi connectivity index (χ2v) is 9.43. The summed E-state index contributed by atoms with van der Waals surface area (Å²) >= 11 is 6.45.